The molecule has 14 nitrogen and oxygen atoms in total. The highest BCUT2D eigenvalue weighted by molar-refractivity contribution is 8.00. The fraction of sp³-hybridized carbons (Fsp3) is 0.167. The first kappa shape index (κ1) is 27.8. The number of β-lactam (4-membered cyclic amide) rings is 1. The predicted octanol–water partition coefficient (Wildman–Crippen LogP) is 0.726. The third kappa shape index (κ3) is 5.63. The lowest BCUT2D eigenvalue weighted by molar-refractivity contribution is -0.150. The maximum absolute atomic E-state index is 13.0. The first-order chi connectivity index (χ1) is 19.1. The zero-order chi connectivity index (χ0) is 29.0. The summed E-state index contributed by atoms with van der Waals surface area (Å²) in [4.78, 5) is 58.6. The van der Waals surface area contributed by atoms with E-state index in [9.17, 15) is 29.5 Å². The molecule has 0 bridgehead atoms. The van der Waals surface area contributed by atoms with Crippen LogP contribution in [0.1, 0.15) is 22.4 Å². The van der Waals surface area contributed by atoms with Gasteiger partial charge < -0.3 is 26.1 Å². The highest BCUT2D eigenvalue weighted by Crippen LogP contribution is 2.41. The van der Waals surface area contributed by atoms with Crippen LogP contribution in [0.4, 0.5) is 5.13 Å². The standard InChI is InChI=1S/C24H17N7O7S2/c25-6-11-1-2-12(14(5-11)7-26)3-4-13-9-39-22-18(21(35)31(22)19(13)23(36)37)29-20(34)17(30-38-8-16(32)33)15-10-40-24(27)28-15/h1-5,10,18,22H,8-9H2,(H2,27,28)(H,29,34)(H,32,33)(H,36,37)/t18?,22-/m1/s1. The zero-order valence-electron chi connectivity index (χ0n) is 20.1. The zero-order valence-corrected chi connectivity index (χ0v) is 21.7. The summed E-state index contributed by atoms with van der Waals surface area (Å²) in [6.07, 6.45) is 3.02. The topological polar surface area (TPSA) is 232 Å². The molecule has 0 spiro atoms. The molecule has 1 fully saturated rings. The second kappa shape index (κ2) is 11.7. The van der Waals surface area contributed by atoms with Gasteiger partial charge in [0, 0.05) is 11.1 Å². The molecule has 0 saturated carbocycles. The van der Waals surface area contributed by atoms with Gasteiger partial charge in [-0.1, -0.05) is 23.4 Å². The number of carboxylic acids is 2. The van der Waals surface area contributed by atoms with E-state index < -0.39 is 47.5 Å². The largest absolute Gasteiger partial charge is 0.479 e. The fourth-order valence-corrected chi connectivity index (χ4v) is 5.66. The average molecular weight is 580 g/mol. The Morgan fingerprint density at radius 1 is 1.27 bits per heavy atom. The molecule has 3 heterocycles. The Morgan fingerprint density at radius 2 is 2.05 bits per heavy atom. The van der Waals surface area contributed by atoms with Gasteiger partial charge in [-0.3, -0.25) is 14.5 Å². The summed E-state index contributed by atoms with van der Waals surface area (Å²) in [5.41, 5.74) is 6.24. The van der Waals surface area contributed by atoms with Gasteiger partial charge in [0.05, 0.1) is 23.3 Å². The van der Waals surface area contributed by atoms with Crippen LogP contribution < -0.4 is 11.1 Å². The summed E-state index contributed by atoms with van der Waals surface area (Å²) in [7, 11) is 0. The minimum Gasteiger partial charge on any atom is -0.479 e. The van der Waals surface area contributed by atoms with Crippen LogP contribution in [0.15, 0.2) is 46.1 Å². The number of aromatic nitrogens is 1. The molecule has 0 aliphatic carbocycles. The van der Waals surface area contributed by atoms with E-state index in [-0.39, 0.29) is 27.8 Å². The molecule has 5 N–H and O–H groups in total. The fourth-order valence-electron chi connectivity index (χ4n) is 3.79. The van der Waals surface area contributed by atoms with Crippen LogP contribution in [0, 0.1) is 22.7 Å². The minimum absolute atomic E-state index is 0.00315. The number of thioether (sulfide) groups is 1. The number of allylic oxidation sites excluding steroid dienone is 1. The Hall–Kier alpha value is -5.19. The van der Waals surface area contributed by atoms with E-state index >= 15 is 0 Å². The van der Waals surface area contributed by atoms with Crippen molar-refractivity contribution in [3.8, 4) is 12.1 Å². The second-order valence-corrected chi connectivity index (χ2v) is 10.1. The van der Waals surface area contributed by atoms with E-state index in [1.54, 1.807) is 6.07 Å². The first-order valence-electron chi connectivity index (χ1n) is 11.1. The van der Waals surface area contributed by atoms with E-state index in [2.05, 4.69) is 20.3 Å². The van der Waals surface area contributed by atoms with Crippen molar-refractivity contribution in [3.05, 3.63) is 63.3 Å². The van der Waals surface area contributed by atoms with Crippen LogP contribution in [0.5, 0.6) is 0 Å². The van der Waals surface area contributed by atoms with Crippen LogP contribution in [-0.4, -0.2) is 73.3 Å². The lowest BCUT2D eigenvalue weighted by Crippen LogP contribution is -2.71. The summed E-state index contributed by atoms with van der Waals surface area (Å²) in [6, 6.07) is 7.31. The number of carbonyl (C=O) groups excluding carboxylic acids is 2. The number of anilines is 1. The van der Waals surface area contributed by atoms with Crippen LogP contribution in [0.25, 0.3) is 6.08 Å². The quantitative estimate of drug-likeness (QED) is 0.183. The highest BCUT2D eigenvalue weighted by Gasteiger charge is 2.54. The number of nitrogens with zero attached hydrogens (tertiary/aromatic N) is 5. The molecule has 0 radical (unpaired) electrons. The van der Waals surface area contributed by atoms with E-state index in [4.69, 9.17) is 16.1 Å². The summed E-state index contributed by atoms with van der Waals surface area (Å²) in [5, 5.41) is 43.9. The Kier molecular flexibility index (Phi) is 8.13. The number of nitrogen functional groups attached to an aromatic ring is 1. The third-order valence-corrected chi connectivity index (χ3v) is 7.55. The van der Waals surface area contributed by atoms with Gasteiger partial charge in [0.2, 0.25) is 6.61 Å². The number of carbonyl (C=O) groups is 4. The van der Waals surface area contributed by atoms with Gasteiger partial charge in [0.15, 0.2) is 10.8 Å². The summed E-state index contributed by atoms with van der Waals surface area (Å²) in [6.45, 7) is -0.827. The van der Waals surface area contributed by atoms with Crippen LogP contribution in [-0.2, 0) is 24.0 Å². The van der Waals surface area contributed by atoms with E-state index in [1.165, 1.54) is 41.4 Å². The molecule has 202 valence electrons. The molecule has 2 amide bonds. The second-order valence-electron chi connectivity index (χ2n) is 8.08. The summed E-state index contributed by atoms with van der Waals surface area (Å²) in [5.74, 6) is -4.10. The normalized spacial score (nSPS) is 18.4. The number of fused-ring (bicyclic) bond motifs is 1. The predicted molar refractivity (Wildman–Crippen MR) is 141 cm³/mol. The number of hydrogen-bond donors (Lipinski definition) is 4. The Bertz CT molecular complexity index is 1600. The number of carboxylic acid groups (broad SMARTS) is 2. The Labute approximate surface area is 233 Å². The molecule has 1 aromatic carbocycles. The number of nitrogens with one attached hydrogen (secondary N) is 1. The summed E-state index contributed by atoms with van der Waals surface area (Å²) >= 11 is 2.21. The number of nitrogens with two attached hydrogens (primary N) is 1. The van der Waals surface area contributed by atoms with Gasteiger partial charge in [-0.05, 0) is 23.3 Å². The number of hydrogen-bond acceptors (Lipinski definition) is 12. The number of benzene rings is 1. The molecule has 1 aromatic heterocycles. The molecule has 1 unspecified atom stereocenters. The SMILES string of the molecule is N#Cc1ccc(C=CC2=C(C(=O)O)N3C(=O)C(NC(=O)C(=NOCC(=O)O)c4csc(N)n4)[C@H]3SC2)c(C#N)c1. The molecule has 2 atom stereocenters. The lowest BCUT2D eigenvalue weighted by Gasteiger charge is -2.49. The van der Waals surface area contributed by atoms with Crippen LogP contribution >= 0.6 is 23.1 Å². The number of aliphatic carboxylic acids is 2. The number of nitriles is 2. The smallest absolute Gasteiger partial charge is 0.352 e. The van der Waals surface area contributed by atoms with Crippen molar-refractivity contribution in [2.24, 2.45) is 5.16 Å². The van der Waals surface area contributed by atoms with Crippen molar-refractivity contribution in [3.63, 3.8) is 0 Å². The first-order valence-corrected chi connectivity index (χ1v) is 13.0. The van der Waals surface area contributed by atoms with Crippen molar-refractivity contribution < 1.29 is 34.2 Å². The Morgan fingerprint density at radius 3 is 2.67 bits per heavy atom. The van der Waals surface area contributed by atoms with E-state index in [1.807, 2.05) is 12.1 Å². The van der Waals surface area contributed by atoms with Gasteiger partial charge in [-0.25, -0.2) is 14.6 Å². The van der Waals surface area contributed by atoms with Gasteiger partial charge in [0.1, 0.15) is 22.8 Å². The maximum atomic E-state index is 13.0. The van der Waals surface area contributed by atoms with Crippen LogP contribution in [0.3, 0.4) is 0 Å². The van der Waals surface area contributed by atoms with Crippen molar-refractivity contribution in [2.45, 2.75) is 11.4 Å². The molecular weight excluding hydrogens is 562 g/mol. The molecule has 1 saturated heterocycles. The van der Waals surface area contributed by atoms with Gasteiger partial charge >= 0.3 is 11.9 Å². The van der Waals surface area contributed by atoms with Gasteiger partial charge in [-0.2, -0.15) is 10.5 Å². The van der Waals surface area contributed by atoms with E-state index in [0.29, 0.717) is 16.7 Å². The number of amides is 2. The molecule has 2 aliphatic rings. The maximum Gasteiger partial charge on any atom is 0.352 e. The number of rotatable bonds is 9. The monoisotopic (exact) mass is 579 g/mol. The average Bonchev–Trinajstić information content (AvgIpc) is 3.37. The highest BCUT2D eigenvalue weighted by atomic mass is 32.2. The van der Waals surface area contributed by atoms with Crippen molar-refractivity contribution in [1.82, 2.24) is 15.2 Å². The summed E-state index contributed by atoms with van der Waals surface area (Å²) < 4.78 is 0. The van der Waals surface area contributed by atoms with E-state index in [0.717, 1.165) is 16.2 Å². The molecule has 2 aromatic rings. The van der Waals surface area contributed by atoms with Crippen molar-refractivity contribution >= 4 is 63.8 Å². The van der Waals surface area contributed by atoms with Crippen molar-refractivity contribution in [2.75, 3.05) is 18.1 Å². The van der Waals surface area contributed by atoms with Crippen LogP contribution in [0.2, 0.25) is 0 Å². The molecule has 2 aliphatic heterocycles. The molecular formula is C24H17N7O7S2. The number of oxime groups is 1. The lowest BCUT2D eigenvalue weighted by atomic mass is 10.0. The van der Waals surface area contributed by atoms with Gasteiger partial charge in [-0.15, -0.1) is 23.1 Å². The molecule has 4 rings (SSSR count). The molecule has 16 heteroatoms. The van der Waals surface area contributed by atoms with Gasteiger partial charge in [0.25, 0.3) is 11.8 Å². The third-order valence-electron chi connectivity index (χ3n) is 5.58. The van der Waals surface area contributed by atoms with Crippen molar-refractivity contribution in [1.29, 1.82) is 10.5 Å². The Balaban J connectivity index is 1.55. The molecule has 40 heavy (non-hydrogen) atoms. The minimum atomic E-state index is -1.36. The number of thiazole rings is 1.